The van der Waals surface area contributed by atoms with E-state index in [1.54, 1.807) is 17.4 Å². The highest BCUT2D eigenvalue weighted by atomic mass is 35.5. The first-order valence-electron chi connectivity index (χ1n) is 5.82. The minimum atomic E-state index is -0.309. The maximum absolute atomic E-state index is 11.6. The summed E-state index contributed by atoms with van der Waals surface area (Å²) in [5.74, 6) is -0.309. The van der Waals surface area contributed by atoms with Gasteiger partial charge in [0.25, 0.3) is 0 Å². The second-order valence-corrected chi connectivity index (χ2v) is 5.76. The molecule has 19 heavy (non-hydrogen) atoms. The number of halogens is 1. The average molecular weight is 296 g/mol. The van der Waals surface area contributed by atoms with Gasteiger partial charge in [0.05, 0.1) is 17.0 Å². The van der Waals surface area contributed by atoms with E-state index in [1.807, 2.05) is 30.3 Å². The van der Waals surface area contributed by atoms with Crippen LogP contribution < -0.4 is 5.32 Å². The van der Waals surface area contributed by atoms with Gasteiger partial charge in [0.1, 0.15) is 0 Å². The largest absolute Gasteiger partial charge is 0.465 e. The fraction of sp³-hybridized carbons (Fsp3) is 0.214. The van der Waals surface area contributed by atoms with Crippen LogP contribution in [0.5, 0.6) is 0 Å². The van der Waals surface area contributed by atoms with E-state index >= 15 is 0 Å². The number of nitrogens with one attached hydrogen (secondary N) is 1. The van der Waals surface area contributed by atoms with Gasteiger partial charge >= 0.3 is 5.97 Å². The van der Waals surface area contributed by atoms with Gasteiger partial charge in [-0.3, -0.25) is 0 Å². The molecule has 1 N–H and O–H groups in total. The Hall–Kier alpha value is -1.36. The van der Waals surface area contributed by atoms with Crippen molar-refractivity contribution in [2.24, 2.45) is 0 Å². The number of methoxy groups -OCH3 is 1. The molecule has 0 radical (unpaired) electrons. The molecule has 1 aromatic carbocycles. The number of benzene rings is 1. The number of thiophene rings is 1. The monoisotopic (exact) mass is 295 g/mol. The van der Waals surface area contributed by atoms with Crippen LogP contribution in [0.25, 0.3) is 0 Å². The summed E-state index contributed by atoms with van der Waals surface area (Å²) in [6.07, 6.45) is 0. The van der Waals surface area contributed by atoms with Crippen LogP contribution in [0.2, 0.25) is 4.34 Å². The summed E-state index contributed by atoms with van der Waals surface area (Å²) in [5.41, 5.74) is 1.53. The van der Waals surface area contributed by atoms with Gasteiger partial charge in [0, 0.05) is 18.0 Å². The quantitative estimate of drug-likeness (QED) is 0.858. The Labute approximate surface area is 121 Å². The molecule has 0 aliphatic heterocycles. The standard InChI is InChI=1S/C14H14ClNO2S/c1-18-14(17)12-5-3-2-4-10(12)8-16-9-11-6-7-13(15)19-11/h2-7,16H,8-9H2,1H3. The molecule has 0 aliphatic rings. The van der Waals surface area contributed by atoms with Gasteiger partial charge in [-0.15, -0.1) is 11.3 Å². The third kappa shape index (κ3) is 3.80. The van der Waals surface area contributed by atoms with Crippen molar-refractivity contribution in [3.05, 3.63) is 56.7 Å². The van der Waals surface area contributed by atoms with Crippen molar-refractivity contribution in [3.63, 3.8) is 0 Å². The number of carbonyl (C=O) groups excluding carboxylic acids is 1. The van der Waals surface area contributed by atoms with Crippen molar-refractivity contribution >= 4 is 28.9 Å². The molecule has 0 saturated heterocycles. The Balaban J connectivity index is 1.97. The fourth-order valence-corrected chi connectivity index (χ4v) is 2.81. The molecule has 0 spiro atoms. The maximum Gasteiger partial charge on any atom is 0.338 e. The number of hydrogen-bond acceptors (Lipinski definition) is 4. The van der Waals surface area contributed by atoms with Gasteiger partial charge in [0.2, 0.25) is 0 Å². The number of carbonyl (C=O) groups is 1. The van der Waals surface area contributed by atoms with E-state index < -0.39 is 0 Å². The molecule has 5 heteroatoms. The van der Waals surface area contributed by atoms with Crippen LogP contribution in [0, 0.1) is 0 Å². The molecule has 0 amide bonds. The lowest BCUT2D eigenvalue weighted by molar-refractivity contribution is 0.0599. The molecule has 0 aliphatic carbocycles. The lowest BCUT2D eigenvalue weighted by Crippen LogP contribution is -2.15. The zero-order chi connectivity index (χ0) is 13.7. The normalized spacial score (nSPS) is 10.4. The molecule has 0 fully saturated rings. The Morgan fingerprint density at radius 3 is 2.74 bits per heavy atom. The summed E-state index contributed by atoms with van der Waals surface area (Å²) in [6, 6.07) is 11.3. The smallest absolute Gasteiger partial charge is 0.338 e. The molecule has 2 aromatic rings. The van der Waals surface area contributed by atoms with Crippen molar-refractivity contribution in [1.82, 2.24) is 5.32 Å². The first-order valence-corrected chi connectivity index (χ1v) is 7.01. The Bertz CT molecular complexity index is 568. The first kappa shape index (κ1) is 14.1. The second-order valence-electron chi connectivity index (χ2n) is 3.96. The average Bonchev–Trinajstić information content (AvgIpc) is 2.84. The third-order valence-electron chi connectivity index (χ3n) is 2.67. The van der Waals surface area contributed by atoms with Crippen molar-refractivity contribution in [3.8, 4) is 0 Å². The van der Waals surface area contributed by atoms with Crippen LogP contribution in [0.15, 0.2) is 36.4 Å². The summed E-state index contributed by atoms with van der Waals surface area (Å²) < 4.78 is 5.55. The maximum atomic E-state index is 11.6. The summed E-state index contributed by atoms with van der Waals surface area (Å²) >= 11 is 7.42. The SMILES string of the molecule is COC(=O)c1ccccc1CNCc1ccc(Cl)s1. The number of hydrogen-bond donors (Lipinski definition) is 1. The zero-order valence-electron chi connectivity index (χ0n) is 10.5. The van der Waals surface area contributed by atoms with Crippen molar-refractivity contribution in [2.75, 3.05) is 7.11 Å². The number of ether oxygens (including phenoxy) is 1. The van der Waals surface area contributed by atoms with E-state index in [0.29, 0.717) is 12.1 Å². The zero-order valence-corrected chi connectivity index (χ0v) is 12.1. The predicted octanol–water partition coefficient (Wildman–Crippen LogP) is 3.48. The lowest BCUT2D eigenvalue weighted by atomic mass is 10.1. The fourth-order valence-electron chi connectivity index (χ4n) is 1.75. The first-order chi connectivity index (χ1) is 9.20. The molecule has 0 saturated carbocycles. The molecule has 2 rings (SSSR count). The summed E-state index contributed by atoms with van der Waals surface area (Å²) in [4.78, 5) is 12.8. The summed E-state index contributed by atoms with van der Waals surface area (Å²) in [7, 11) is 1.39. The van der Waals surface area contributed by atoms with Crippen molar-refractivity contribution in [1.29, 1.82) is 0 Å². The topological polar surface area (TPSA) is 38.3 Å². The van der Waals surface area contributed by atoms with E-state index in [2.05, 4.69) is 5.32 Å². The Kier molecular flexibility index (Phi) is 4.96. The molecule has 0 atom stereocenters. The van der Waals surface area contributed by atoms with Crippen molar-refractivity contribution in [2.45, 2.75) is 13.1 Å². The van der Waals surface area contributed by atoms with E-state index in [0.717, 1.165) is 16.4 Å². The predicted molar refractivity (Wildman–Crippen MR) is 77.7 cm³/mol. The molecular weight excluding hydrogens is 282 g/mol. The highest BCUT2D eigenvalue weighted by Gasteiger charge is 2.10. The highest BCUT2D eigenvalue weighted by molar-refractivity contribution is 7.16. The van der Waals surface area contributed by atoms with E-state index in [9.17, 15) is 4.79 Å². The van der Waals surface area contributed by atoms with Gasteiger partial charge in [-0.05, 0) is 23.8 Å². The molecule has 100 valence electrons. The van der Waals surface area contributed by atoms with Crippen LogP contribution in [0.3, 0.4) is 0 Å². The van der Waals surface area contributed by atoms with Gasteiger partial charge in [0.15, 0.2) is 0 Å². The van der Waals surface area contributed by atoms with Crippen LogP contribution in [-0.4, -0.2) is 13.1 Å². The van der Waals surface area contributed by atoms with Crippen LogP contribution in [0.1, 0.15) is 20.8 Å². The lowest BCUT2D eigenvalue weighted by Gasteiger charge is -2.08. The van der Waals surface area contributed by atoms with Gasteiger partial charge in [-0.1, -0.05) is 29.8 Å². The highest BCUT2D eigenvalue weighted by Crippen LogP contribution is 2.21. The second kappa shape index (κ2) is 6.70. The minimum absolute atomic E-state index is 0.309. The number of esters is 1. The van der Waals surface area contributed by atoms with Crippen molar-refractivity contribution < 1.29 is 9.53 Å². The molecule has 0 unspecified atom stereocenters. The van der Waals surface area contributed by atoms with E-state index in [1.165, 1.54) is 12.0 Å². The van der Waals surface area contributed by atoms with Gasteiger partial charge in [-0.2, -0.15) is 0 Å². The molecule has 1 heterocycles. The van der Waals surface area contributed by atoms with Gasteiger partial charge in [-0.25, -0.2) is 4.79 Å². The molecule has 0 bridgehead atoms. The van der Waals surface area contributed by atoms with Crippen LogP contribution in [-0.2, 0) is 17.8 Å². The Morgan fingerprint density at radius 2 is 2.05 bits per heavy atom. The minimum Gasteiger partial charge on any atom is -0.465 e. The van der Waals surface area contributed by atoms with Crippen LogP contribution >= 0.6 is 22.9 Å². The molecule has 3 nitrogen and oxygen atoms in total. The van der Waals surface area contributed by atoms with Gasteiger partial charge < -0.3 is 10.1 Å². The van der Waals surface area contributed by atoms with E-state index in [-0.39, 0.29) is 5.97 Å². The summed E-state index contributed by atoms with van der Waals surface area (Å²) in [6.45, 7) is 1.34. The molecular formula is C14H14ClNO2S. The third-order valence-corrected chi connectivity index (χ3v) is 3.90. The van der Waals surface area contributed by atoms with Crippen LogP contribution in [0.4, 0.5) is 0 Å². The Morgan fingerprint density at radius 1 is 1.26 bits per heavy atom. The molecule has 1 aromatic heterocycles. The summed E-state index contributed by atoms with van der Waals surface area (Å²) in [5, 5.41) is 3.29. The number of rotatable bonds is 5. The van der Waals surface area contributed by atoms with E-state index in [4.69, 9.17) is 16.3 Å².